The average molecular weight is 334 g/mol. The Balaban J connectivity index is 1.67. The second kappa shape index (κ2) is 8.29. The molecule has 0 aliphatic rings. The van der Waals surface area contributed by atoms with Gasteiger partial charge in [0.25, 0.3) is 0 Å². The summed E-state index contributed by atoms with van der Waals surface area (Å²) in [5, 5.41) is 12.6. The largest absolute Gasteiger partial charge is 0.508 e. The number of phenolic OH excluding ortho intramolecular Hbond substituents is 1. The van der Waals surface area contributed by atoms with Crippen LogP contribution in [0, 0.1) is 6.92 Å². The van der Waals surface area contributed by atoms with Gasteiger partial charge in [0.05, 0.1) is 5.69 Å². The number of anilines is 1. The Hall–Kier alpha value is -2.40. The molecule has 2 rings (SSSR count). The fourth-order valence-corrected chi connectivity index (χ4v) is 2.24. The molecule has 0 radical (unpaired) electrons. The number of halogens is 1. The fraction of sp³-hybridized carbons (Fsp3) is 0.235. The molecule has 0 saturated heterocycles. The molecule has 4 N–H and O–H groups in total. The van der Waals surface area contributed by atoms with Gasteiger partial charge in [0.2, 0.25) is 0 Å². The number of phenols is 1. The third kappa shape index (κ3) is 5.38. The molecular weight excluding hydrogens is 314 g/mol. The lowest BCUT2D eigenvalue weighted by molar-refractivity contribution is 0.242. The number of carbonyl (C=O) groups is 1. The average Bonchev–Trinajstić information content (AvgIpc) is 2.54. The standard InChI is InChI=1S/C17H20ClN3O2/c1-12-15(18)5-2-6-16(12)20-21-17(23)19-11-3-4-13-7-9-14(22)10-8-13/h2,5-10,20,22H,3-4,11H2,1H3,(H2,19,21,23). The zero-order valence-electron chi connectivity index (χ0n) is 12.9. The van der Waals surface area contributed by atoms with E-state index in [1.807, 2.05) is 31.2 Å². The molecule has 0 bridgehead atoms. The lowest BCUT2D eigenvalue weighted by atomic mass is 10.1. The minimum absolute atomic E-state index is 0.258. The number of aryl methyl sites for hydroxylation is 1. The molecule has 0 heterocycles. The van der Waals surface area contributed by atoms with E-state index in [9.17, 15) is 9.90 Å². The van der Waals surface area contributed by atoms with E-state index in [0.29, 0.717) is 11.6 Å². The molecule has 0 saturated carbocycles. The molecule has 0 aliphatic heterocycles. The van der Waals surface area contributed by atoms with Gasteiger partial charge < -0.3 is 10.4 Å². The highest BCUT2D eigenvalue weighted by molar-refractivity contribution is 6.31. The van der Waals surface area contributed by atoms with Crippen LogP contribution in [0.5, 0.6) is 5.75 Å². The number of carbonyl (C=O) groups excluding carboxylic acids is 1. The lowest BCUT2D eigenvalue weighted by Crippen LogP contribution is -2.39. The summed E-state index contributed by atoms with van der Waals surface area (Å²) in [6.45, 7) is 2.44. The van der Waals surface area contributed by atoms with Gasteiger partial charge in [-0.1, -0.05) is 29.8 Å². The Kier molecular flexibility index (Phi) is 6.11. The van der Waals surface area contributed by atoms with E-state index in [-0.39, 0.29) is 11.8 Å². The van der Waals surface area contributed by atoms with Gasteiger partial charge in [-0.2, -0.15) is 0 Å². The van der Waals surface area contributed by atoms with Crippen molar-refractivity contribution in [2.24, 2.45) is 0 Å². The summed E-state index contributed by atoms with van der Waals surface area (Å²) in [6, 6.07) is 12.2. The first-order valence-electron chi connectivity index (χ1n) is 7.39. The van der Waals surface area contributed by atoms with E-state index < -0.39 is 0 Å². The summed E-state index contributed by atoms with van der Waals surface area (Å²) in [5.74, 6) is 0.258. The lowest BCUT2D eigenvalue weighted by Gasteiger charge is -2.12. The summed E-state index contributed by atoms with van der Waals surface area (Å²) in [6.07, 6.45) is 1.65. The van der Waals surface area contributed by atoms with Crippen molar-refractivity contribution in [3.05, 3.63) is 58.6 Å². The van der Waals surface area contributed by atoms with E-state index >= 15 is 0 Å². The van der Waals surface area contributed by atoms with Crippen molar-refractivity contribution in [3.8, 4) is 5.75 Å². The summed E-state index contributed by atoms with van der Waals surface area (Å²) in [5.41, 5.74) is 8.19. The van der Waals surface area contributed by atoms with Gasteiger partial charge in [0.15, 0.2) is 0 Å². The molecule has 0 spiro atoms. The first kappa shape index (κ1) is 17.0. The van der Waals surface area contributed by atoms with Crippen LogP contribution in [-0.4, -0.2) is 17.7 Å². The second-order valence-corrected chi connectivity index (χ2v) is 5.60. The molecule has 0 unspecified atom stereocenters. The normalized spacial score (nSPS) is 10.2. The first-order chi connectivity index (χ1) is 11.1. The van der Waals surface area contributed by atoms with Gasteiger partial charge >= 0.3 is 6.03 Å². The Morgan fingerprint density at radius 3 is 2.65 bits per heavy atom. The van der Waals surface area contributed by atoms with Crippen molar-refractivity contribution in [2.75, 3.05) is 12.0 Å². The van der Waals surface area contributed by atoms with Crippen LogP contribution in [0.2, 0.25) is 5.02 Å². The van der Waals surface area contributed by atoms with Gasteiger partial charge in [-0.05, 0) is 55.2 Å². The summed E-state index contributed by atoms with van der Waals surface area (Å²) < 4.78 is 0. The molecular formula is C17H20ClN3O2. The first-order valence-corrected chi connectivity index (χ1v) is 7.77. The fourth-order valence-electron chi connectivity index (χ4n) is 2.07. The van der Waals surface area contributed by atoms with Gasteiger partial charge in [-0.25, -0.2) is 4.79 Å². The number of hydrogen-bond donors (Lipinski definition) is 4. The monoisotopic (exact) mass is 333 g/mol. The van der Waals surface area contributed by atoms with E-state index in [1.165, 1.54) is 0 Å². The molecule has 5 nitrogen and oxygen atoms in total. The van der Waals surface area contributed by atoms with Crippen molar-refractivity contribution in [1.82, 2.24) is 10.7 Å². The maximum absolute atomic E-state index is 11.7. The van der Waals surface area contributed by atoms with Gasteiger partial charge in [0.1, 0.15) is 5.75 Å². The minimum atomic E-state index is -0.296. The minimum Gasteiger partial charge on any atom is -0.508 e. The number of rotatable bonds is 6. The molecule has 2 amide bonds. The van der Waals surface area contributed by atoms with Crippen LogP contribution in [0.4, 0.5) is 10.5 Å². The van der Waals surface area contributed by atoms with Crippen molar-refractivity contribution >= 4 is 23.3 Å². The number of urea groups is 1. The van der Waals surface area contributed by atoms with Crippen molar-refractivity contribution in [1.29, 1.82) is 0 Å². The summed E-state index contributed by atoms with van der Waals surface area (Å²) >= 11 is 6.02. The van der Waals surface area contributed by atoms with Crippen LogP contribution in [0.3, 0.4) is 0 Å². The Morgan fingerprint density at radius 1 is 1.17 bits per heavy atom. The van der Waals surface area contributed by atoms with Crippen molar-refractivity contribution < 1.29 is 9.90 Å². The number of aromatic hydroxyl groups is 1. The molecule has 0 aromatic heterocycles. The van der Waals surface area contributed by atoms with E-state index in [4.69, 9.17) is 11.6 Å². The topological polar surface area (TPSA) is 73.4 Å². The number of amides is 2. The molecule has 122 valence electrons. The Bertz CT molecular complexity index is 659. The SMILES string of the molecule is Cc1c(Cl)cccc1NNC(=O)NCCCc1ccc(O)cc1. The van der Waals surface area contributed by atoms with E-state index in [0.717, 1.165) is 29.7 Å². The Labute approximate surface area is 140 Å². The zero-order chi connectivity index (χ0) is 16.7. The van der Waals surface area contributed by atoms with E-state index in [2.05, 4.69) is 16.2 Å². The molecule has 0 atom stereocenters. The molecule has 0 aliphatic carbocycles. The number of nitrogens with one attached hydrogen (secondary N) is 3. The van der Waals surface area contributed by atoms with Gasteiger partial charge in [-0.3, -0.25) is 10.9 Å². The molecule has 2 aromatic carbocycles. The van der Waals surface area contributed by atoms with Crippen molar-refractivity contribution in [3.63, 3.8) is 0 Å². The van der Waals surface area contributed by atoms with Gasteiger partial charge in [-0.15, -0.1) is 0 Å². The molecule has 0 fully saturated rings. The summed E-state index contributed by atoms with van der Waals surface area (Å²) in [4.78, 5) is 11.7. The third-order valence-corrected chi connectivity index (χ3v) is 3.85. The Morgan fingerprint density at radius 2 is 1.91 bits per heavy atom. The van der Waals surface area contributed by atoms with Crippen LogP contribution >= 0.6 is 11.6 Å². The van der Waals surface area contributed by atoms with Gasteiger partial charge in [0, 0.05) is 11.6 Å². The van der Waals surface area contributed by atoms with Crippen LogP contribution in [0.25, 0.3) is 0 Å². The quantitative estimate of drug-likeness (QED) is 0.482. The molecule has 23 heavy (non-hydrogen) atoms. The van der Waals surface area contributed by atoms with E-state index in [1.54, 1.807) is 18.2 Å². The number of hydrogen-bond acceptors (Lipinski definition) is 3. The maximum atomic E-state index is 11.7. The molecule has 2 aromatic rings. The maximum Gasteiger partial charge on any atom is 0.333 e. The highest BCUT2D eigenvalue weighted by Gasteiger charge is 2.03. The smallest absolute Gasteiger partial charge is 0.333 e. The predicted molar refractivity (Wildman–Crippen MR) is 92.8 cm³/mol. The van der Waals surface area contributed by atoms with Crippen LogP contribution in [-0.2, 0) is 6.42 Å². The van der Waals surface area contributed by atoms with Crippen LogP contribution in [0.1, 0.15) is 17.5 Å². The predicted octanol–water partition coefficient (Wildman–Crippen LogP) is 3.61. The highest BCUT2D eigenvalue weighted by Crippen LogP contribution is 2.22. The third-order valence-electron chi connectivity index (χ3n) is 3.44. The van der Waals surface area contributed by atoms with Crippen LogP contribution < -0.4 is 16.2 Å². The summed E-state index contributed by atoms with van der Waals surface area (Å²) in [7, 11) is 0. The number of benzene rings is 2. The second-order valence-electron chi connectivity index (χ2n) is 5.19. The zero-order valence-corrected chi connectivity index (χ0v) is 13.7. The highest BCUT2D eigenvalue weighted by atomic mass is 35.5. The number of hydrazine groups is 1. The van der Waals surface area contributed by atoms with Crippen molar-refractivity contribution in [2.45, 2.75) is 19.8 Å². The van der Waals surface area contributed by atoms with Crippen LogP contribution in [0.15, 0.2) is 42.5 Å². The molecule has 6 heteroatoms.